The highest BCUT2D eigenvalue weighted by molar-refractivity contribution is 7.16. The molecule has 0 fully saturated rings. The molecular weight excluding hydrogens is 236 g/mol. The van der Waals surface area contributed by atoms with Gasteiger partial charge in [0.15, 0.2) is 0 Å². The van der Waals surface area contributed by atoms with Gasteiger partial charge in [-0.15, -0.1) is 11.3 Å². The summed E-state index contributed by atoms with van der Waals surface area (Å²) in [6.45, 7) is 2.70. The van der Waals surface area contributed by atoms with Gasteiger partial charge in [0.1, 0.15) is 10.6 Å². The molecule has 0 aliphatic heterocycles. The number of fused-ring (bicyclic) bond motifs is 1. The number of aromatic nitrogens is 2. The SMILES string of the molecule is CNc1nc(NC(C)COC)c2ccsc2n1. The van der Waals surface area contributed by atoms with Gasteiger partial charge >= 0.3 is 0 Å². The highest BCUT2D eigenvalue weighted by Crippen LogP contribution is 2.26. The van der Waals surface area contributed by atoms with Crippen LogP contribution in [0.3, 0.4) is 0 Å². The molecule has 2 N–H and O–H groups in total. The van der Waals surface area contributed by atoms with Gasteiger partial charge in [-0.25, -0.2) is 4.98 Å². The number of nitrogens with zero attached hydrogens (tertiary/aromatic N) is 2. The average Bonchev–Trinajstić information content (AvgIpc) is 2.77. The van der Waals surface area contributed by atoms with E-state index in [0.29, 0.717) is 12.6 Å². The molecule has 0 aliphatic carbocycles. The van der Waals surface area contributed by atoms with E-state index in [1.54, 1.807) is 18.4 Å². The molecule has 6 heteroatoms. The van der Waals surface area contributed by atoms with Crippen molar-refractivity contribution in [3.63, 3.8) is 0 Å². The first-order valence-corrected chi connectivity index (χ1v) is 6.31. The van der Waals surface area contributed by atoms with Gasteiger partial charge in [0.05, 0.1) is 12.0 Å². The third-order valence-corrected chi connectivity index (χ3v) is 3.16. The molecule has 2 rings (SSSR count). The van der Waals surface area contributed by atoms with Crippen molar-refractivity contribution >= 4 is 33.3 Å². The van der Waals surface area contributed by atoms with Crippen molar-refractivity contribution in [1.82, 2.24) is 9.97 Å². The topological polar surface area (TPSA) is 59.1 Å². The second-order valence-corrected chi connectivity index (χ2v) is 4.68. The van der Waals surface area contributed by atoms with Gasteiger partial charge in [0.2, 0.25) is 5.95 Å². The van der Waals surface area contributed by atoms with Crippen molar-refractivity contribution in [1.29, 1.82) is 0 Å². The molecule has 2 aromatic heterocycles. The Morgan fingerprint density at radius 1 is 1.47 bits per heavy atom. The Morgan fingerprint density at radius 3 is 3.00 bits per heavy atom. The summed E-state index contributed by atoms with van der Waals surface area (Å²) in [6, 6.07) is 2.24. The van der Waals surface area contributed by atoms with E-state index in [0.717, 1.165) is 16.0 Å². The summed E-state index contributed by atoms with van der Waals surface area (Å²) in [5.41, 5.74) is 0. The number of nitrogens with one attached hydrogen (secondary N) is 2. The van der Waals surface area contributed by atoms with Gasteiger partial charge in [-0.05, 0) is 18.4 Å². The molecule has 0 spiro atoms. The van der Waals surface area contributed by atoms with Gasteiger partial charge in [0.25, 0.3) is 0 Å². The molecule has 1 atom stereocenters. The van der Waals surface area contributed by atoms with Crippen LogP contribution in [-0.2, 0) is 4.74 Å². The number of rotatable bonds is 5. The predicted molar refractivity (Wildman–Crippen MR) is 71.9 cm³/mol. The van der Waals surface area contributed by atoms with E-state index < -0.39 is 0 Å². The summed E-state index contributed by atoms with van der Waals surface area (Å²) in [7, 11) is 3.51. The second-order valence-electron chi connectivity index (χ2n) is 3.79. The zero-order valence-corrected chi connectivity index (χ0v) is 11.0. The average molecular weight is 252 g/mol. The lowest BCUT2D eigenvalue weighted by molar-refractivity contribution is 0.190. The minimum Gasteiger partial charge on any atom is -0.383 e. The predicted octanol–water partition coefficient (Wildman–Crippen LogP) is 2.18. The van der Waals surface area contributed by atoms with Gasteiger partial charge in [-0.3, -0.25) is 0 Å². The first kappa shape index (κ1) is 12.1. The fourth-order valence-electron chi connectivity index (χ4n) is 1.60. The standard InChI is InChI=1S/C11H16N4OS/c1-7(6-16-3)13-9-8-4-5-17-10(8)15-11(12-2)14-9/h4-5,7H,6H2,1-3H3,(H2,12,13,14,15). The number of hydrogen-bond donors (Lipinski definition) is 2. The van der Waals surface area contributed by atoms with Crippen LogP contribution in [0.4, 0.5) is 11.8 Å². The monoisotopic (exact) mass is 252 g/mol. The van der Waals surface area contributed by atoms with E-state index in [2.05, 4.69) is 27.5 Å². The maximum atomic E-state index is 5.11. The lowest BCUT2D eigenvalue weighted by atomic mass is 10.3. The molecule has 2 heterocycles. The first-order chi connectivity index (χ1) is 8.24. The van der Waals surface area contributed by atoms with Crippen molar-refractivity contribution in [2.45, 2.75) is 13.0 Å². The molecule has 5 nitrogen and oxygen atoms in total. The van der Waals surface area contributed by atoms with Gasteiger partial charge in [-0.2, -0.15) is 4.98 Å². The highest BCUT2D eigenvalue weighted by Gasteiger charge is 2.10. The van der Waals surface area contributed by atoms with E-state index >= 15 is 0 Å². The van der Waals surface area contributed by atoms with E-state index in [9.17, 15) is 0 Å². The van der Waals surface area contributed by atoms with Crippen LogP contribution in [0.1, 0.15) is 6.92 Å². The van der Waals surface area contributed by atoms with Crippen molar-refractivity contribution in [3.8, 4) is 0 Å². The Bertz CT molecular complexity index is 499. The fourth-order valence-corrected chi connectivity index (χ4v) is 2.37. The molecule has 0 bridgehead atoms. The Morgan fingerprint density at radius 2 is 2.29 bits per heavy atom. The van der Waals surface area contributed by atoms with Crippen molar-refractivity contribution < 1.29 is 4.74 Å². The van der Waals surface area contributed by atoms with Crippen LogP contribution in [0.2, 0.25) is 0 Å². The first-order valence-electron chi connectivity index (χ1n) is 5.43. The summed E-state index contributed by atoms with van der Waals surface area (Å²) in [6.07, 6.45) is 0. The smallest absolute Gasteiger partial charge is 0.225 e. The maximum Gasteiger partial charge on any atom is 0.225 e. The van der Waals surface area contributed by atoms with Crippen LogP contribution in [0.25, 0.3) is 10.2 Å². The Kier molecular flexibility index (Phi) is 3.75. The fraction of sp³-hybridized carbons (Fsp3) is 0.455. The molecule has 0 saturated carbocycles. The zero-order chi connectivity index (χ0) is 12.3. The van der Waals surface area contributed by atoms with Crippen LogP contribution in [0.5, 0.6) is 0 Å². The molecule has 17 heavy (non-hydrogen) atoms. The molecular formula is C11H16N4OS. The molecule has 0 aromatic carbocycles. The molecule has 1 unspecified atom stereocenters. The molecule has 2 aromatic rings. The van der Waals surface area contributed by atoms with E-state index in [1.165, 1.54) is 0 Å². The lowest BCUT2D eigenvalue weighted by Crippen LogP contribution is -2.21. The highest BCUT2D eigenvalue weighted by atomic mass is 32.1. The minimum absolute atomic E-state index is 0.211. The number of ether oxygens (including phenoxy) is 1. The Balaban J connectivity index is 2.33. The molecule has 0 aliphatic rings. The maximum absolute atomic E-state index is 5.11. The van der Waals surface area contributed by atoms with E-state index in [1.807, 2.05) is 18.5 Å². The van der Waals surface area contributed by atoms with Crippen molar-refractivity contribution in [2.24, 2.45) is 0 Å². The van der Waals surface area contributed by atoms with Gasteiger partial charge < -0.3 is 15.4 Å². The number of thiophene rings is 1. The van der Waals surface area contributed by atoms with Crippen LogP contribution in [0, 0.1) is 0 Å². The van der Waals surface area contributed by atoms with Crippen LogP contribution in [-0.4, -0.2) is 36.8 Å². The number of hydrogen-bond acceptors (Lipinski definition) is 6. The van der Waals surface area contributed by atoms with Crippen LogP contribution >= 0.6 is 11.3 Å². The number of methoxy groups -OCH3 is 1. The second kappa shape index (κ2) is 5.29. The molecule has 0 radical (unpaired) electrons. The molecule has 92 valence electrons. The summed E-state index contributed by atoms with van der Waals surface area (Å²) in [4.78, 5) is 9.81. The summed E-state index contributed by atoms with van der Waals surface area (Å²) in [5, 5.41) is 9.38. The largest absolute Gasteiger partial charge is 0.383 e. The van der Waals surface area contributed by atoms with E-state index in [4.69, 9.17) is 4.74 Å². The molecule has 0 saturated heterocycles. The summed E-state index contributed by atoms with van der Waals surface area (Å²) in [5.74, 6) is 1.48. The normalized spacial score (nSPS) is 12.6. The van der Waals surface area contributed by atoms with Gasteiger partial charge in [-0.1, -0.05) is 0 Å². The van der Waals surface area contributed by atoms with Gasteiger partial charge in [0, 0.05) is 20.2 Å². The quantitative estimate of drug-likeness (QED) is 0.854. The van der Waals surface area contributed by atoms with Crippen molar-refractivity contribution in [2.75, 3.05) is 31.4 Å². The van der Waals surface area contributed by atoms with E-state index in [-0.39, 0.29) is 6.04 Å². The van der Waals surface area contributed by atoms with Crippen LogP contribution < -0.4 is 10.6 Å². The Hall–Kier alpha value is -1.40. The third-order valence-electron chi connectivity index (χ3n) is 2.35. The lowest BCUT2D eigenvalue weighted by Gasteiger charge is -2.14. The van der Waals surface area contributed by atoms with Crippen LogP contribution in [0.15, 0.2) is 11.4 Å². The number of anilines is 2. The third kappa shape index (κ3) is 2.65. The summed E-state index contributed by atoms with van der Waals surface area (Å²) >= 11 is 1.61. The zero-order valence-electron chi connectivity index (χ0n) is 10.2. The Labute approximate surface area is 104 Å². The minimum atomic E-state index is 0.211. The summed E-state index contributed by atoms with van der Waals surface area (Å²) < 4.78 is 5.11. The molecule has 0 amide bonds. The van der Waals surface area contributed by atoms with Crippen molar-refractivity contribution in [3.05, 3.63) is 11.4 Å².